The Morgan fingerprint density at radius 1 is 1.35 bits per heavy atom. The highest BCUT2D eigenvalue weighted by Crippen LogP contribution is 2.03. The van der Waals surface area contributed by atoms with Gasteiger partial charge in [0.15, 0.2) is 0 Å². The quantitative estimate of drug-likeness (QED) is 0.824. The summed E-state index contributed by atoms with van der Waals surface area (Å²) in [5.41, 5.74) is 1.41. The van der Waals surface area contributed by atoms with Gasteiger partial charge in [0.2, 0.25) is 0 Å². The Labute approximate surface area is 117 Å². The molecule has 0 aliphatic heterocycles. The molecule has 1 aromatic rings. The molecule has 20 heavy (non-hydrogen) atoms. The summed E-state index contributed by atoms with van der Waals surface area (Å²) in [6, 6.07) is 8.45. The van der Waals surface area contributed by atoms with Crippen LogP contribution in [0.3, 0.4) is 0 Å². The van der Waals surface area contributed by atoms with E-state index in [-0.39, 0.29) is 6.54 Å². The number of nitrogens with zero attached hydrogens (tertiary/aromatic N) is 2. The van der Waals surface area contributed by atoms with Crippen LogP contribution in [0.2, 0.25) is 0 Å². The summed E-state index contributed by atoms with van der Waals surface area (Å²) in [6.07, 6.45) is 0.692. The van der Waals surface area contributed by atoms with Crippen LogP contribution in [0, 0.1) is 11.3 Å². The number of carbonyl (C=O) groups is 2. The third kappa shape index (κ3) is 4.98. The van der Waals surface area contributed by atoms with Gasteiger partial charge in [0.1, 0.15) is 6.54 Å². The second-order valence-corrected chi connectivity index (χ2v) is 4.28. The minimum Gasteiger partial charge on any atom is -0.480 e. The summed E-state index contributed by atoms with van der Waals surface area (Å²) >= 11 is 0. The van der Waals surface area contributed by atoms with Crippen molar-refractivity contribution >= 4 is 12.0 Å². The van der Waals surface area contributed by atoms with Crippen LogP contribution < -0.4 is 5.32 Å². The number of benzene rings is 1. The summed E-state index contributed by atoms with van der Waals surface area (Å²) in [5, 5.41) is 20.1. The van der Waals surface area contributed by atoms with Crippen molar-refractivity contribution in [1.29, 1.82) is 5.26 Å². The van der Waals surface area contributed by atoms with Gasteiger partial charge in [0.05, 0.1) is 11.6 Å². The molecule has 6 heteroatoms. The van der Waals surface area contributed by atoms with Crippen LogP contribution in [0.25, 0.3) is 0 Å². The van der Waals surface area contributed by atoms with Gasteiger partial charge >= 0.3 is 12.0 Å². The lowest BCUT2D eigenvalue weighted by atomic mass is 10.1. The van der Waals surface area contributed by atoms with Gasteiger partial charge in [-0.25, -0.2) is 4.79 Å². The highest BCUT2D eigenvalue weighted by molar-refractivity contribution is 5.80. The molecular formula is C14H17N3O3. The first-order valence-corrected chi connectivity index (χ1v) is 6.30. The standard InChI is InChI=1S/C14H17N3O3/c1-2-7-17(10-13(18)19)14(20)16-9-12-5-3-11(8-15)4-6-12/h3-6H,2,7,9-10H2,1H3,(H,16,20)(H,18,19). The van der Waals surface area contributed by atoms with Crippen molar-refractivity contribution in [3.8, 4) is 6.07 Å². The monoisotopic (exact) mass is 275 g/mol. The van der Waals surface area contributed by atoms with E-state index >= 15 is 0 Å². The summed E-state index contributed by atoms with van der Waals surface area (Å²) in [7, 11) is 0. The van der Waals surface area contributed by atoms with Crippen molar-refractivity contribution in [2.75, 3.05) is 13.1 Å². The molecule has 0 fully saturated rings. The molecule has 2 amide bonds. The van der Waals surface area contributed by atoms with E-state index in [1.165, 1.54) is 4.90 Å². The van der Waals surface area contributed by atoms with Gasteiger partial charge in [-0.3, -0.25) is 4.79 Å². The molecule has 0 saturated heterocycles. The Hall–Kier alpha value is -2.55. The molecule has 0 heterocycles. The van der Waals surface area contributed by atoms with Gasteiger partial charge in [0.25, 0.3) is 0 Å². The fourth-order valence-electron chi connectivity index (χ4n) is 1.67. The van der Waals surface area contributed by atoms with Gasteiger partial charge in [0, 0.05) is 13.1 Å². The van der Waals surface area contributed by atoms with Crippen molar-refractivity contribution in [2.45, 2.75) is 19.9 Å². The minimum atomic E-state index is -1.04. The molecule has 0 spiro atoms. The number of amides is 2. The van der Waals surface area contributed by atoms with Crippen LogP contribution >= 0.6 is 0 Å². The second-order valence-electron chi connectivity index (χ2n) is 4.28. The SMILES string of the molecule is CCCN(CC(=O)O)C(=O)NCc1ccc(C#N)cc1. The largest absolute Gasteiger partial charge is 0.480 e. The number of carboxylic acids is 1. The summed E-state index contributed by atoms with van der Waals surface area (Å²) in [5.74, 6) is -1.04. The molecule has 0 unspecified atom stereocenters. The molecule has 0 aliphatic rings. The maximum absolute atomic E-state index is 11.9. The second kappa shape index (κ2) is 7.79. The van der Waals surface area contributed by atoms with Crippen molar-refractivity contribution < 1.29 is 14.7 Å². The molecule has 1 aromatic carbocycles. The van der Waals surface area contributed by atoms with E-state index in [1.54, 1.807) is 24.3 Å². The molecule has 6 nitrogen and oxygen atoms in total. The van der Waals surface area contributed by atoms with Crippen molar-refractivity contribution in [1.82, 2.24) is 10.2 Å². The first-order chi connectivity index (χ1) is 9.56. The maximum atomic E-state index is 11.9. The number of urea groups is 1. The van der Waals surface area contributed by atoms with E-state index in [4.69, 9.17) is 10.4 Å². The molecule has 1 rings (SSSR count). The van der Waals surface area contributed by atoms with E-state index < -0.39 is 12.0 Å². The van der Waals surface area contributed by atoms with Crippen LogP contribution in [0.1, 0.15) is 24.5 Å². The smallest absolute Gasteiger partial charge is 0.323 e. The zero-order chi connectivity index (χ0) is 15.0. The summed E-state index contributed by atoms with van der Waals surface area (Å²) in [6.45, 7) is 2.26. The average molecular weight is 275 g/mol. The molecule has 106 valence electrons. The van der Waals surface area contributed by atoms with E-state index in [9.17, 15) is 9.59 Å². The van der Waals surface area contributed by atoms with Crippen LogP contribution in [0.4, 0.5) is 4.79 Å². The molecule has 0 aromatic heterocycles. The Morgan fingerprint density at radius 2 is 2.00 bits per heavy atom. The zero-order valence-corrected chi connectivity index (χ0v) is 11.3. The number of nitrogens with one attached hydrogen (secondary N) is 1. The van der Waals surface area contributed by atoms with E-state index in [2.05, 4.69) is 5.32 Å². The van der Waals surface area contributed by atoms with Gasteiger partial charge in [-0.2, -0.15) is 5.26 Å². The third-order valence-electron chi connectivity index (χ3n) is 2.63. The predicted octanol–water partition coefficient (Wildman–Crippen LogP) is 1.56. The van der Waals surface area contributed by atoms with E-state index in [1.807, 2.05) is 13.0 Å². The highest BCUT2D eigenvalue weighted by Gasteiger charge is 2.15. The number of carboxylic acid groups (broad SMARTS) is 1. The zero-order valence-electron chi connectivity index (χ0n) is 11.3. The van der Waals surface area contributed by atoms with Crippen LogP contribution in [0.15, 0.2) is 24.3 Å². The fourth-order valence-corrected chi connectivity index (χ4v) is 1.67. The topological polar surface area (TPSA) is 93.4 Å². The molecule has 0 atom stereocenters. The molecule has 2 N–H and O–H groups in total. The molecular weight excluding hydrogens is 258 g/mol. The number of nitriles is 1. The molecule has 0 aliphatic carbocycles. The number of hydrogen-bond donors (Lipinski definition) is 2. The van der Waals surface area contributed by atoms with Crippen molar-refractivity contribution in [3.63, 3.8) is 0 Å². The number of carbonyl (C=O) groups excluding carboxylic acids is 1. The van der Waals surface area contributed by atoms with Crippen molar-refractivity contribution in [2.24, 2.45) is 0 Å². The molecule has 0 radical (unpaired) electrons. The Balaban J connectivity index is 2.55. The van der Waals surface area contributed by atoms with Crippen LogP contribution in [-0.4, -0.2) is 35.1 Å². The summed E-state index contributed by atoms with van der Waals surface area (Å²) in [4.78, 5) is 23.8. The lowest BCUT2D eigenvalue weighted by Gasteiger charge is -2.20. The summed E-state index contributed by atoms with van der Waals surface area (Å²) < 4.78 is 0. The predicted molar refractivity (Wildman–Crippen MR) is 72.9 cm³/mol. The first-order valence-electron chi connectivity index (χ1n) is 6.30. The average Bonchev–Trinajstić information content (AvgIpc) is 2.44. The van der Waals surface area contributed by atoms with Crippen molar-refractivity contribution in [3.05, 3.63) is 35.4 Å². The van der Waals surface area contributed by atoms with E-state index in [0.29, 0.717) is 25.1 Å². The lowest BCUT2D eigenvalue weighted by Crippen LogP contribution is -2.42. The molecule has 0 bridgehead atoms. The van der Waals surface area contributed by atoms with Crippen LogP contribution in [-0.2, 0) is 11.3 Å². The highest BCUT2D eigenvalue weighted by atomic mass is 16.4. The normalized spacial score (nSPS) is 9.60. The van der Waals surface area contributed by atoms with Gasteiger partial charge in [-0.05, 0) is 24.1 Å². The number of rotatable bonds is 6. The maximum Gasteiger partial charge on any atom is 0.323 e. The minimum absolute atomic E-state index is 0.296. The number of aliphatic carboxylic acids is 1. The van der Waals surface area contributed by atoms with Crippen LogP contribution in [0.5, 0.6) is 0 Å². The third-order valence-corrected chi connectivity index (χ3v) is 2.63. The lowest BCUT2D eigenvalue weighted by molar-refractivity contribution is -0.137. The molecule has 0 saturated carbocycles. The Bertz CT molecular complexity index is 505. The fraction of sp³-hybridized carbons (Fsp3) is 0.357. The Morgan fingerprint density at radius 3 is 2.50 bits per heavy atom. The van der Waals surface area contributed by atoms with Gasteiger partial charge < -0.3 is 15.3 Å². The van der Waals surface area contributed by atoms with Gasteiger partial charge in [-0.1, -0.05) is 19.1 Å². The number of hydrogen-bond acceptors (Lipinski definition) is 3. The van der Waals surface area contributed by atoms with E-state index in [0.717, 1.165) is 5.56 Å². The first kappa shape index (κ1) is 15.5. The van der Waals surface area contributed by atoms with Gasteiger partial charge in [-0.15, -0.1) is 0 Å². The Kier molecular flexibility index (Phi) is 6.04.